The summed E-state index contributed by atoms with van der Waals surface area (Å²) in [5, 5.41) is 18.4. The Morgan fingerprint density at radius 1 is 1.31 bits per heavy atom. The van der Waals surface area contributed by atoms with Gasteiger partial charge >= 0.3 is 0 Å². The summed E-state index contributed by atoms with van der Waals surface area (Å²) in [6.07, 6.45) is 2.71. The molecule has 1 spiro atoms. The maximum atomic E-state index is 10.5. The van der Waals surface area contributed by atoms with Gasteiger partial charge in [0.25, 0.3) is 0 Å². The number of rotatable bonds is 6. The number of likely N-dealkylation sites (N-methyl/N-ethyl adjacent to an activating group) is 1. The zero-order chi connectivity index (χ0) is 18.1. The highest BCUT2D eigenvalue weighted by molar-refractivity contribution is 5.76. The molecule has 2 atom stereocenters. The van der Waals surface area contributed by atoms with Gasteiger partial charge in [0.2, 0.25) is 0 Å². The summed E-state index contributed by atoms with van der Waals surface area (Å²) >= 11 is 0. The van der Waals surface area contributed by atoms with Gasteiger partial charge in [0.1, 0.15) is 11.0 Å². The Balaban J connectivity index is 1.35. The van der Waals surface area contributed by atoms with E-state index in [0.717, 1.165) is 68.6 Å². The summed E-state index contributed by atoms with van der Waals surface area (Å²) in [6.45, 7) is 4.42. The maximum Gasteiger partial charge on any atom is 0.139 e. The van der Waals surface area contributed by atoms with Crippen molar-refractivity contribution in [1.82, 2.24) is 20.1 Å². The smallest absolute Gasteiger partial charge is 0.139 e. The fourth-order valence-electron chi connectivity index (χ4n) is 4.35. The van der Waals surface area contributed by atoms with Crippen molar-refractivity contribution in [2.75, 3.05) is 40.3 Å². The lowest BCUT2D eigenvalue weighted by Crippen LogP contribution is -2.62. The summed E-state index contributed by atoms with van der Waals surface area (Å²) in [6, 6.07) is 6.00. The van der Waals surface area contributed by atoms with Crippen molar-refractivity contribution in [2.24, 2.45) is 5.41 Å². The summed E-state index contributed by atoms with van der Waals surface area (Å²) in [5.41, 5.74) is 2.75. The van der Waals surface area contributed by atoms with Gasteiger partial charge in [-0.05, 0) is 62.0 Å². The van der Waals surface area contributed by atoms with E-state index in [4.69, 9.17) is 9.37 Å². The number of aliphatic hydroxyl groups excluding tert-OH is 1. The zero-order valence-electron chi connectivity index (χ0n) is 15.6. The quantitative estimate of drug-likeness (QED) is 0.837. The number of benzene rings is 1. The largest absolute Gasteiger partial charge is 0.392 e. The molecule has 1 aliphatic carbocycles. The van der Waals surface area contributed by atoms with E-state index < -0.39 is 0 Å². The molecule has 0 unspecified atom stereocenters. The average Bonchev–Trinajstić information content (AvgIpc) is 3.11. The van der Waals surface area contributed by atoms with Crippen LogP contribution in [0.25, 0.3) is 11.0 Å². The van der Waals surface area contributed by atoms with Gasteiger partial charge in [-0.2, -0.15) is 0 Å². The van der Waals surface area contributed by atoms with E-state index in [9.17, 15) is 5.11 Å². The number of hydrogen-bond donors (Lipinski definition) is 1. The van der Waals surface area contributed by atoms with Crippen LogP contribution < -0.4 is 0 Å². The first-order chi connectivity index (χ1) is 12.6. The second-order valence-corrected chi connectivity index (χ2v) is 7.97. The van der Waals surface area contributed by atoms with Gasteiger partial charge in [-0.1, -0.05) is 12.1 Å². The summed E-state index contributed by atoms with van der Waals surface area (Å²) < 4.78 is 11.0. The third kappa shape index (κ3) is 3.24. The minimum atomic E-state index is -0.225. The number of aromatic nitrogens is 2. The number of likely N-dealkylation sites (tertiary alicyclic amines) is 1. The van der Waals surface area contributed by atoms with E-state index >= 15 is 0 Å². The molecular weight excluding hydrogens is 332 g/mol. The van der Waals surface area contributed by atoms with E-state index in [2.05, 4.69) is 40.3 Å². The molecule has 2 aromatic rings. The molecule has 0 radical (unpaired) electrons. The van der Waals surface area contributed by atoms with Crippen molar-refractivity contribution in [3.05, 3.63) is 23.8 Å². The minimum absolute atomic E-state index is 0.0513. The average molecular weight is 360 g/mol. The van der Waals surface area contributed by atoms with Gasteiger partial charge in [0, 0.05) is 24.9 Å². The molecule has 0 bridgehead atoms. The molecular formula is C19H28N4O3. The second kappa shape index (κ2) is 7.23. The Bertz CT molecular complexity index is 739. The lowest BCUT2D eigenvalue weighted by atomic mass is 9.58. The third-order valence-electron chi connectivity index (χ3n) is 6.15. The van der Waals surface area contributed by atoms with Gasteiger partial charge in [-0.3, -0.25) is 4.90 Å². The van der Waals surface area contributed by atoms with Crippen LogP contribution in [0.2, 0.25) is 0 Å². The van der Waals surface area contributed by atoms with Crippen LogP contribution in [0.15, 0.2) is 22.8 Å². The standard InChI is InChI=1S/C19H28N4O3/c1-22(2)10-11-25-17-12-16(24)19(17)6-8-23(9-7-19)13-14-4-3-5-15-18(14)21-26-20-15/h3-5,16-17,24H,6-13H2,1-2H3/t16-,17+/m1/s1. The number of hydrogen-bond acceptors (Lipinski definition) is 7. The highest BCUT2D eigenvalue weighted by Gasteiger charge is 2.56. The number of fused-ring (bicyclic) bond motifs is 1. The molecule has 4 rings (SSSR count). The topological polar surface area (TPSA) is 74.9 Å². The molecule has 1 aromatic carbocycles. The van der Waals surface area contributed by atoms with Crippen molar-refractivity contribution in [2.45, 2.75) is 38.0 Å². The molecule has 1 saturated heterocycles. The molecule has 0 amide bonds. The maximum absolute atomic E-state index is 10.5. The number of ether oxygens (including phenoxy) is 1. The zero-order valence-corrected chi connectivity index (χ0v) is 15.6. The molecule has 142 valence electrons. The van der Waals surface area contributed by atoms with Crippen molar-refractivity contribution >= 4 is 11.0 Å². The highest BCUT2D eigenvalue weighted by atomic mass is 16.6. The van der Waals surface area contributed by atoms with Gasteiger partial charge in [-0.15, -0.1) is 0 Å². The first kappa shape index (κ1) is 17.9. The van der Waals surface area contributed by atoms with Gasteiger partial charge in [0.05, 0.1) is 18.8 Å². The van der Waals surface area contributed by atoms with Crippen LogP contribution in [0.3, 0.4) is 0 Å². The molecule has 7 nitrogen and oxygen atoms in total. The van der Waals surface area contributed by atoms with Gasteiger partial charge in [-0.25, -0.2) is 4.63 Å². The van der Waals surface area contributed by atoms with E-state index in [-0.39, 0.29) is 17.6 Å². The molecule has 7 heteroatoms. The Hall–Kier alpha value is -1.54. The lowest BCUT2D eigenvalue weighted by Gasteiger charge is -2.56. The summed E-state index contributed by atoms with van der Waals surface area (Å²) in [7, 11) is 4.11. The molecule has 1 saturated carbocycles. The van der Waals surface area contributed by atoms with Crippen LogP contribution in [-0.2, 0) is 11.3 Å². The van der Waals surface area contributed by atoms with E-state index in [1.165, 1.54) is 0 Å². The Morgan fingerprint density at radius 3 is 2.85 bits per heavy atom. The van der Waals surface area contributed by atoms with Crippen LogP contribution in [0.1, 0.15) is 24.8 Å². The van der Waals surface area contributed by atoms with Crippen molar-refractivity contribution in [1.29, 1.82) is 0 Å². The molecule has 2 heterocycles. The Morgan fingerprint density at radius 2 is 2.12 bits per heavy atom. The monoisotopic (exact) mass is 360 g/mol. The molecule has 1 N–H and O–H groups in total. The molecule has 2 aliphatic rings. The lowest BCUT2D eigenvalue weighted by molar-refractivity contribution is -0.212. The van der Waals surface area contributed by atoms with Crippen LogP contribution >= 0.6 is 0 Å². The van der Waals surface area contributed by atoms with Crippen LogP contribution in [0.5, 0.6) is 0 Å². The first-order valence-electron chi connectivity index (χ1n) is 9.45. The van der Waals surface area contributed by atoms with E-state index in [1.807, 2.05) is 12.1 Å². The summed E-state index contributed by atoms with van der Waals surface area (Å²) in [4.78, 5) is 4.56. The Kier molecular flexibility index (Phi) is 4.96. The van der Waals surface area contributed by atoms with Crippen LogP contribution in [-0.4, -0.2) is 77.8 Å². The third-order valence-corrected chi connectivity index (χ3v) is 6.15. The van der Waals surface area contributed by atoms with E-state index in [0.29, 0.717) is 0 Å². The van der Waals surface area contributed by atoms with Crippen LogP contribution in [0.4, 0.5) is 0 Å². The predicted molar refractivity (Wildman–Crippen MR) is 97.7 cm³/mol. The second-order valence-electron chi connectivity index (χ2n) is 7.97. The molecule has 1 aromatic heterocycles. The fourth-order valence-corrected chi connectivity index (χ4v) is 4.35. The fraction of sp³-hybridized carbons (Fsp3) is 0.684. The Labute approximate surface area is 153 Å². The van der Waals surface area contributed by atoms with Crippen molar-refractivity contribution in [3.63, 3.8) is 0 Å². The normalized spacial score (nSPS) is 25.8. The van der Waals surface area contributed by atoms with Crippen molar-refractivity contribution < 1.29 is 14.5 Å². The first-order valence-corrected chi connectivity index (χ1v) is 9.45. The highest BCUT2D eigenvalue weighted by Crippen LogP contribution is 2.51. The number of piperidine rings is 1. The van der Waals surface area contributed by atoms with Crippen molar-refractivity contribution in [3.8, 4) is 0 Å². The van der Waals surface area contributed by atoms with Gasteiger partial charge < -0.3 is 14.7 Å². The molecule has 2 fully saturated rings. The summed E-state index contributed by atoms with van der Waals surface area (Å²) in [5.74, 6) is 0. The predicted octanol–water partition coefficient (Wildman–Crippen LogP) is 1.52. The minimum Gasteiger partial charge on any atom is -0.392 e. The SMILES string of the molecule is CN(C)CCO[C@H]1C[C@@H](O)C12CCN(Cc1cccc3nonc13)CC2. The number of aliphatic hydroxyl groups is 1. The van der Waals surface area contributed by atoms with Crippen LogP contribution in [0, 0.1) is 5.41 Å². The van der Waals surface area contributed by atoms with Gasteiger partial charge in [0.15, 0.2) is 0 Å². The molecule has 26 heavy (non-hydrogen) atoms. The number of nitrogens with zero attached hydrogens (tertiary/aromatic N) is 4. The van der Waals surface area contributed by atoms with E-state index in [1.54, 1.807) is 0 Å². The molecule has 1 aliphatic heterocycles.